The molecular formula is C36H23NS. The molecule has 0 aliphatic rings. The highest BCUT2D eigenvalue weighted by atomic mass is 32.1. The average molecular weight is 502 g/mol. The fourth-order valence-electron chi connectivity index (χ4n) is 5.85. The minimum absolute atomic E-state index is 1.19. The van der Waals surface area contributed by atoms with E-state index in [1.807, 2.05) is 11.3 Å². The first-order valence-electron chi connectivity index (χ1n) is 12.9. The standard InChI is InChI=1S/C36H23NS/c1-3-9-24(10-4-1)25-15-17-26(18-16-25)27-19-20-31-30(23-27)35-32(37(31)28-11-5-2-6-12-28)21-22-34-36(35)29-13-7-8-14-33(29)38-34/h1-23H. The van der Waals surface area contributed by atoms with Crippen LogP contribution >= 0.6 is 11.3 Å². The molecule has 178 valence electrons. The smallest absolute Gasteiger partial charge is 0.0548 e. The quantitative estimate of drug-likeness (QED) is 0.227. The third-order valence-electron chi connectivity index (χ3n) is 7.61. The van der Waals surface area contributed by atoms with E-state index in [4.69, 9.17) is 0 Å². The Balaban J connectivity index is 1.41. The van der Waals surface area contributed by atoms with Crippen LogP contribution in [-0.4, -0.2) is 4.57 Å². The van der Waals surface area contributed by atoms with Gasteiger partial charge in [-0.2, -0.15) is 0 Å². The molecule has 0 amide bonds. The number of thiophene rings is 1. The summed E-state index contributed by atoms with van der Waals surface area (Å²) in [5.74, 6) is 0. The Morgan fingerprint density at radius 2 is 1.00 bits per heavy atom. The molecule has 0 radical (unpaired) electrons. The predicted molar refractivity (Wildman–Crippen MR) is 165 cm³/mol. The summed E-state index contributed by atoms with van der Waals surface area (Å²) in [6, 6.07) is 50.6. The Hall–Kier alpha value is -4.66. The zero-order valence-electron chi connectivity index (χ0n) is 20.6. The number of hydrogen-bond acceptors (Lipinski definition) is 1. The van der Waals surface area contributed by atoms with Crippen molar-refractivity contribution in [3.8, 4) is 27.9 Å². The second-order valence-corrected chi connectivity index (χ2v) is 10.9. The van der Waals surface area contributed by atoms with E-state index in [9.17, 15) is 0 Å². The van der Waals surface area contributed by atoms with E-state index < -0.39 is 0 Å². The highest BCUT2D eigenvalue weighted by molar-refractivity contribution is 7.26. The topological polar surface area (TPSA) is 4.93 Å². The normalized spacial score (nSPS) is 11.7. The Kier molecular flexibility index (Phi) is 4.76. The molecule has 0 spiro atoms. The van der Waals surface area contributed by atoms with Crippen molar-refractivity contribution in [2.24, 2.45) is 0 Å². The summed E-state index contributed by atoms with van der Waals surface area (Å²) >= 11 is 1.88. The van der Waals surface area contributed by atoms with Crippen LogP contribution in [0.25, 0.3) is 69.9 Å². The Labute approximate surface area is 224 Å². The molecule has 8 aromatic rings. The van der Waals surface area contributed by atoms with Crippen LogP contribution in [0.1, 0.15) is 0 Å². The van der Waals surface area contributed by atoms with Gasteiger partial charge in [-0.15, -0.1) is 11.3 Å². The van der Waals surface area contributed by atoms with Gasteiger partial charge in [0.25, 0.3) is 0 Å². The molecule has 0 saturated carbocycles. The van der Waals surface area contributed by atoms with Gasteiger partial charge in [-0.25, -0.2) is 0 Å². The van der Waals surface area contributed by atoms with Crippen LogP contribution in [0.2, 0.25) is 0 Å². The third-order valence-corrected chi connectivity index (χ3v) is 8.74. The first kappa shape index (κ1) is 21.4. The maximum absolute atomic E-state index is 2.42. The van der Waals surface area contributed by atoms with Crippen LogP contribution < -0.4 is 0 Å². The molecule has 1 nitrogen and oxygen atoms in total. The third kappa shape index (κ3) is 3.24. The second kappa shape index (κ2) is 8.44. The molecule has 0 fully saturated rings. The molecule has 2 heteroatoms. The van der Waals surface area contributed by atoms with Gasteiger partial charge in [0, 0.05) is 36.6 Å². The molecule has 8 rings (SSSR count). The zero-order chi connectivity index (χ0) is 25.1. The lowest BCUT2D eigenvalue weighted by atomic mass is 9.98. The summed E-state index contributed by atoms with van der Waals surface area (Å²) in [5.41, 5.74) is 8.62. The van der Waals surface area contributed by atoms with E-state index in [-0.39, 0.29) is 0 Å². The molecule has 0 N–H and O–H groups in total. The largest absolute Gasteiger partial charge is 0.309 e. The minimum atomic E-state index is 1.19. The number of nitrogens with zero attached hydrogens (tertiary/aromatic N) is 1. The van der Waals surface area contributed by atoms with Crippen molar-refractivity contribution in [2.45, 2.75) is 0 Å². The molecule has 2 heterocycles. The summed E-state index contributed by atoms with van der Waals surface area (Å²) in [4.78, 5) is 0. The highest BCUT2D eigenvalue weighted by Crippen LogP contribution is 2.44. The van der Waals surface area contributed by atoms with E-state index in [1.54, 1.807) is 0 Å². The van der Waals surface area contributed by atoms with Crippen molar-refractivity contribution in [1.29, 1.82) is 0 Å². The number of rotatable bonds is 3. The number of aromatic nitrogens is 1. The van der Waals surface area contributed by atoms with E-state index >= 15 is 0 Å². The lowest BCUT2D eigenvalue weighted by Crippen LogP contribution is -1.92. The maximum atomic E-state index is 2.42. The molecule has 2 aromatic heterocycles. The fraction of sp³-hybridized carbons (Fsp3) is 0. The van der Waals surface area contributed by atoms with E-state index in [1.165, 1.54) is 69.9 Å². The van der Waals surface area contributed by atoms with Gasteiger partial charge in [-0.1, -0.05) is 97.1 Å². The van der Waals surface area contributed by atoms with Gasteiger partial charge in [0.1, 0.15) is 0 Å². The fourth-order valence-corrected chi connectivity index (χ4v) is 6.96. The van der Waals surface area contributed by atoms with Crippen LogP contribution in [0, 0.1) is 0 Å². The lowest BCUT2D eigenvalue weighted by molar-refractivity contribution is 1.18. The van der Waals surface area contributed by atoms with Gasteiger partial charge in [0.05, 0.1) is 11.0 Å². The van der Waals surface area contributed by atoms with Crippen LogP contribution in [0.15, 0.2) is 140 Å². The van der Waals surface area contributed by atoms with Crippen molar-refractivity contribution >= 4 is 53.3 Å². The van der Waals surface area contributed by atoms with Gasteiger partial charge in [-0.3, -0.25) is 0 Å². The molecule has 0 unspecified atom stereocenters. The zero-order valence-corrected chi connectivity index (χ0v) is 21.5. The Morgan fingerprint density at radius 1 is 0.395 bits per heavy atom. The highest BCUT2D eigenvalue weighted by Gasteiger charge is 2.18. The number of hydrogen-bond donors (Lipinski definition) is 0. The van der Waals surface area contributed by atoms with Crippen LogP contribution in [0.4, 0.5) is 0 Å². The molecule has 0 aliphatic heterocycles. The molecule has 6 aromatic carbocycles. The van der Waals surface area contributed by atoms with Crippen LogP contribution in [0.5, 0.6) is 0 Å². The molecule has 0 aliphatic carbocycles. The molecule has 0 atom stereocenters. The van der Waals surface area contributed by atoms with E-state index in [0.717, 1.165) is 0 Å². The summed E-state index contributed by atoms with van der Waals surface area (Å²) in [6.07, 6.45) is 0. The summed E-state index contributed by atoms with van der Waals surface area (Å²) in [6.45, 7) is 0. The average Bonchev–Trinajstić information content (AvgIpc) is 3.53. The lowest BCUT2D eigenvalue weighted by Gasteiger charge is -2.08. The number of para-hydroxylation sites is 1. The van der Waals surface area contributed by atoms with Crippen molar-refractivity contribution in [1.82, 2.24) is 4.57 Å². The molecular weight excluding hydrogens is 478 g/mol. The van der Waals surface area contributed by atoms with E-state index in [2.05, 4.69) is 144 Å². The molecule has 0 bridgehead atoms. The SMILES string of the molecule is c1ccc(-c2ccc(-c3ccc4c(c3)c3c5c(ccc3n4-c3ccccc3)sc3ccccc35)cc2)cc1. The number of benzene rings is 6. The maximum Gasteiger partial charge on any atom is 0.0548 e. The van der Waals surface area contributed by atoms with Crippen LogP contribution in [-0.2, 0) is 0 Å². The summed E-state index contributed by atoms with van der Waals surface area (Å²) in [7, 11) is 0. The summed E-state index contributed by atoms with van der Waals surface area (Å²) < 4.78 is 5.09. The van der Waals surface area contributed by atoms with Gasteiger partial charge in [0.15, 0.2) is 0 Å². The van der Waals surface area contributed by atoms with Crippen molar-refractivity contribution in [3.63, 3.8) is 0 Å². The molecule has 0 saturated heterocycles. The Morgan fingerprint density at radius 3 is 1.79 bits per heavy atom. The monoisotopic (exact) mass is 501 g/mol. The van der Waals surface area contributed by atoms with Gasteiger partial charge >= 0.3 is 0 Å². The predicted octanol–water partition coefficient (Wildman–Crippen LogP) is 10.5. The van der Waals surface area contributed by atoms with Gasteiger partial charge in [0.2, 0.25) is 0 Å². The van der Waals surface area contributed by atoms with Gasteiger partial charge in [-0.05, 0) is 64.7 Å². The van der Waals surface area contributed by atoms with Crippen molar-refractivity contribution in [2.75, 3.05) is 0 Å². The van der Waals surface area contributed by atoms with Crippen LogP contribution in [0.3, 0.4) is 0 Å². The van der Waals surface area contributed by atoms with Crippen molar-refractivity contribution in [3.05, 3.63) is 140 Å². The molecule has 38 heavy (non-hydrogen) atoms. The van der Waals surface area contributed by atoms with Crippen molar-refractivity contribution < 1.29 is 0 Å². The first-order valence-corrected chi connectivity index (χ1v) is 13.8. The number of fused-ring (bicyclic) bond motifs is 7. The first-order chi connectivity index (χ1) is 18.8. The van der Waals surface area contributed by atoms with E-state index in [0.29, 0.717) is 0 Å². The second-order valence-electron chi connectivity index (χ2n) is 9.78. The Bertz CT molecular complexity index is 2100. The van der Waals surface area contributed by atoms with Gasteiger partial charge < -0.3 is 4.57 Å². The summed E-state index contributed by atoms with van der Waals surface area (Å²) in [5, 5.41) is 5.33. The minimum Gasteiger partial charge on any atom is -0.309 e.